The zero-order chi connectivity index (χ0) is 23.5. The van der Waals surface area contributed by atoms with Crippen molar-refractivity contribution in [2.75, 3.05) is 18.2 Å². The topological polar surface area (TPSA) is 118 Å². The fourth-order valence-electron chi connectivity index (χ4n) is 3.09. The highest BCUT2D eigenvalue weighted by Crippen LogP contribution is 2.26. The third-order valence-corrected chi connectivity index (χ3v) is 7.42. The maximum atomic E-state index is 12.9. The van der Waals surface area contributed by atoms with E-state index in [9.17, 15) is 18.0 Å². The summed E-state index contributed by atoms with van der Waals surface area (Å²) in [6.45, 7) is 5.43. The number of anilines is 1. The van der Waals surface area contributed by atoms with Crippen LogP contribution in [0.1, 0.15) is 16.7 Å². The lowest BCUT2D eigenvalue weighted by atomic mass is 10.2. The lowest BCUT2D eigenvalue weighted by molar-refractivity contribution is -0.113. The van der Waals surface area contributed by atoms with E-state index in [2.05, 4.69) is 15.3 Å². The molecule has 0 aliphatic carbocycles. The summed E-state index contributed by atoms with van der Waals surface area (Å²) < 4.78 is 31.1. The monoisotopic (exact) mass is 473 g/mol. The number of carbonyl (C=O) groups excluding carboxylic acids is 1. The Morgan fingerprint density at radius 3 is 2.44 bits per heavy atom. The number of thioether (sulfide) groups is 1. The molecule has 2 aromatic carbocycles. The first-order valence-electron chi connectivity index (χ1n) is 9.61. The number of benzene rings is 2. The van der Waals surface area contributed by atoms with Gasteiger partial charge in [0.15, 0.2) is 10.1 Å². The van der Waals surface area contributed by atoms with Crippen molar-refractivity contribution in [3.8, 4) is 5.75 Å². The number of hydrogen-bond donors (Lipinski definition) is 2. The molecule has 10 heteroatoms. The van der Waals surface area contributed by atoms with Crippen molar-refractivity contribution in [2.24, 2.45) is 0 Å². The predicted octanol–water partition coefficient (Wildman–Crippen LogP) is 3.27. The highest BCUT2D eigenvalue weighted by atomic mass is 32.2. The van der Waals surface area contributed by atoms with Gasteiger partial charge in [-0.15, -0.1) is 0 Å². The average molecular weight is 474 g/mol. The van der Waals surface area contributed by atoms with E-state index in [4.69, 9.17) is 4.74 Å². The van der Waals surface area contributed by atoms with Crippen molar-refractivity contribution in [1.29, 1.82) is 0 Å². The van der Waals surface area contributed by atoms with Crippen molar-refractivity contribution in [3.63, 3.8) is 0 Å². The highest BCUT2D eigenvalue weighted by Gasteiger charge is 2.24. The molecule has 0 spiro atoms. The number of H-pyrrole nitrogens is 1. The molecule has 3 aromatic rings. The van der Waals surface area contributed by atoms with Crippen LogP contribution >= 0.6 is 11.8 Å². The van der Waals surface area contributed by atoms with E-state index in [1.54, 1.807) is 31.2 Å². The van der Waals surface area contributed by atoms with Crippen LogP contribution in [0.25, 0.3) is 0 Å². The molecule has 32 heavy (non-hydrogen) atoms. The largest absolute Gasteiger partial charge is 0.495 e. The van der Waals surface area contributed by atoms with Crippen LogP contribution in [-0.4, -0.2) is 37.2 Å². The second-order valence-electron chi connectivity index (χ2n) is 7.19. The zero-order valence-corrected chi connectivity index (χ0v) is 19.7. The first kappa shape index (κ1) is 23.6. The number of ether oxygens (including phenoxy) is 1. The molecular formula is C22H23N3O5S2. The zero-order valence-electron chi connectivity index (χ0n) is 18.1. The third kappa shape index (κ3) is 5.20. The minimum Gasteiger partial charge on any atom is -0.495 e. The van der Waals surface area contributed by atoms with E-state index >= 15 is 0 Å². The first-order chi connectivity index (χ1) is 15.1. The van der Waals surface area contributed by atoms with E-state index in [1.807, 2.05) is 19.9 Å². The van der Waals surface area contributed by atoms with Crippen molar-refractivity contribution in [2.45, 2.75) is 35.7 Å². The average Bonchev–Trinajstić information content (AvgIpc) is 2.72. The quantitative estimate of drug-likeness (QED) is 0.399. The van der Waals surface area contributed by atoms with Gasteiger partial charge in [-0.1, -0.05) is 35.5 Å². The van der Waals surface area contributed by atoms with E-state index in [-0.39, 0.29) is 21.7 Å². The summed E-state index contributed by atoms with van der Waals surface area (Å²) >= 11 is 0.986. The molecule has 0 unspecified atom stereocenters. The normalized spacial score (nSPS) is 11.2. The van der Waals surface area contributed by atoms with Gasteiger partial charge in [-0.2, -0.15) is 0 Å². The molecule has 2 N–H and O–H groups in total. The third-order valence-electron chi connectivity index (χ3n) is 4.62. The number of aromatic amines is 1. The van der Waals surface area contributed by atoms with Crippen molar-refractivity contribution >= 4 is 33.2 Å². The molecule has 1 heterocycles. The lowest BCUT2D eigenvalue weighted by Crippen LogP contribution is -2.20. The van der Waals surface area contributed by atoms with Crippen LogP contribution in [0, 0.1) is 20.8 Å². The van der Waals surface area contributed by atoms with Crippen molar-refractivity contribution in [1.82, 2.24) is 9.97 Å². The highest BCUT2D eigenvalue weighted by molar-refractivity contribution is 7.99. The summed E-state index contributed by atoms with van der Waals surface area (Å²) in [5, 5.41) is 2.89. The summed E-state index contributed by atoms with van der Waals surface area (Å²) in [7, 11) is -2.51. The molecule has 0 aliphatic rings. The summed E-state index contributed by atoms with van der Waals surface area (Å²) in [6, 6.07) is 10.3. The molecule has 0 atom stereocenters. The molecule has 8 nitrogen and oxygen atoms in total. The van der Waals surface area contributed by atoms with Crippen LogP contribution in [0.5, 0.6) is 5.75 Å². The lowest BCUT2D eigenvalue weighted by Gasteiger charge is -2.11. The Kier molecular flexibility index (Phi) is 7.05. The molecule has 0 saturated heterocycles. The van der Waals surface area contributed by atoms with Gasteiger partial charge in [0, 0.05) is 0 Å². The predicted molar refractivity (Wildman–Crippen MR) is 123 cm³/mol. The Morgan fingerprint density at radius 1 is 1.09 bits per heavy atom. The molecule has 168 valence electrons. The van der Waals surface area contributed by atoms with Gasteiger partial charge in [0.05, 0.1) is 29.6 Å². The number of aryl methyl sites for hydroxylation is 3. The van der Waals surface area contributed by atoms with Crippen LogP contribution in [0.2, 0.25) is 0 Å². The Morgan fingerprint density at radius 2 is 1.78 bits per heavy atom. The number of hydrogen-bond acceptors (Lipinski definition) is 7. The van der Waals surface area contributed by atoms with Gasteiger partial charge in [-0.3, -0.25) is 9.59 Å². The number of amides is 1. The molecule has 0 radical (unpaired) electrons. The fourth-order valence-corrected chi connectivity index (χ4v) is 5.18. The van der Waals surface area contributed by atoms with Crippen LogP contribution in [0.4, 0.5) is 5.69 Å². The van der Waals surface area contributed by atoms with Crippen molar-refractivity contribution in [3.05, 3.63) is 69.6 Å². The summed E-state index contributed by atoms with van der Waals surface area (Å²) in [5.41, 5.74) is 2.17. The Labute approximate surface area is 190 Å². The van der Waals surface area contributed by atoms with Gasteiger partial charge in [0.25, 0.3) is 5.56 Å². The summed E-state index contributed by atoms with van der Waals surface area (Å²) in [4.78, 5) is 30.9. The van der Waals surface area contributed by atoms with Crippen LogP contribution in [0.3, 0.4) is 0 Å². The molecular weight excluding hydrogens is 450 g/mol. The van der Waals surface area contributed by atoms with Gasteiger partial charge in [-0.25, -0.2) is 13.4 Å². The standard InChI is InChI=1S/C22H23N3O5S2/c1-13-6-8-18(15(3)9-13)32(28,29)19-11-23-22(25-21(19)27)31-12-20(26)24-16-10-14(2)5-7-17(16)30-4/h5-11H,12H2,1-4H3,(H,24,26)(H,23,25,27). The fraction of sp³-hybridized carbons (Fsp3) is 0.227. The van der Waals surface area contributed by atoms with Crippen LogP contribution in [0.15, 0.2) is 62.3 Å². The summed E-state index contributed by atoms with van der Waals surface area (Å²) in [5.74, 6) is 0.165. The SMILES string of the molecule is COc1ccc(C)cc1NC(=O)CSc1ncc(S(=O)(=O)c2ccc(C)cc2C)c(=O)[nH]1. The van der Waals surface area contributed by atoms with Gasteiger partial charge in [0.1, 0.15) is 5.75 Å². The number of nitrogens with zero attached hydrogens (tertiary/aromatic N) is 1. The second kappa shape index (κ2) is 9.58. The maximum Gasteiger partial charge on any atom is 0.270 e. The smallest absolute Gasteiger partial charge is 0.270 e. The molecule has 0 fully saturated rings. The number of methoxy groups -OCH3 is 1. The van der Waals surface area contributed by atoms with Crippen LogP contribution < -0.4 is 15.6 Å². The maximum absolute atomic E-state index is 12.9. The number of rotatable bonds is 7. The summed E-state index contributed by atoms with van der Waals surface area (Å²) in [6.07, 6.45) is 1.03. The molecule has 1 amide bonds. The van der Waals surface area contributed by atoms with E-state index in [0.717, 1.165) is 29.1 Å². The minimum atomic E-state index is -4.03. The van der Waals surface area contributed by atoms with Gasteiger partial charge < -0.3 is 15.0 Å². The number of nitrogens with one attached hydrogen (secondary N) is 2. The number of carbonyl (C=O) groups is 1. The molecule has 0 saturated carbocycles. The van der Waals surface area contributed by atoms with E-state index in [1.165, 1.54) is 13.2 Å². The van der Waals surface area contributed by atoms with Gasteiger partial charge in [-0.05, 0) is 50.1 Å². The van der Waals surface area contributed by atoms with Gasteiger partial charge in [0.2, 0.25) is 15.7 Å². The molecule has 0 aliphatic heterocycles. The number of aromatic nitrogens is 2. The number of sulfone groups is 1. The second-order valence-corrected chi connectivity index (χ2v) is 10.0. The van der Waals surface area contributed by atoms with E-state index < -0.39 is 20.3 Å². The first-order valence-corrected chi connectivity index (χ1v) is 12.1. The van der Waals surface area contributed by atoms with Crippen molar-refractivity contribution < 1.29 is 17.9 Å². The van der Waals surface area contributed by atoms with Gasteiger partial charge >= 0.3 is 0 Å². The Hall–Kier alpha value is -3.11. The Bertz CT molecular complexity index is 1330. The van der Waals surface area contributed by atoms with E-state index in [0.29, 0.717) is 17.0 Å². The molecule has 0 bridgehead atoms. The minimum absolute atomic E-state index is 0.0385. The molecule has 1 aromatic heterocycles. The van der Waals surface area contributed by atoms with Crippen LogP contribution in [-0.2, 0) is 14.6 Å². The molecule has 3 rings (SSSR count). The Balaban J connectivity index is 1.74.